The van der Waals surface area contributed by atoms with Crippen LogP contribution in [-0.4, -0.2) is 40.3 Å². The predicted molar refractivity (Wildman–Crippen MR) is 62.2 cm³/mol. The second kappa shape index (κ2) is 4.67. The Morgan fingerprint density at radius 2 is 2.25 bits per heavy atom. The fourth-order valence-electron chi connectivity index (χ4n) is 1.99. The molecule has 3 N–H and O–H groups in total. The Bertz CT molecular complexity index is 416. The topological polar surface area (TPSA) is 71.5 Å². The van der Waals surface area contributed by atoms with Crippen LogP contribution in [0.2, 0.25) is 0 Å². The van der Waals surface area contributed by atoms with Crippen LogP contribution in [0.5, 0.6) is 0 Å². The van der Waals surface area contributed by atoms with Gasteiger partial charge in [0.1, 0.15) is 0 Å². The monoisotopic (exact) mass is 223 g/mol. The zero-order valence-corrected chi connectivity index (χ0v) is 9.17. The van der Waals surface area contributed by atoms with Gasteiger partial charge in [0.05, 0.1) is 6.10 Å². The lowest BCUT2D eigenvalue weighted by Gasteiger charge is -2.15. The molecule has 0 aromatic carbocycles. The van der Waals surface area contributed by atoms with Crippen molar-refractivity contribution in [2.75, 3.05) is 25.4 Å². The van der Waals surface area contributed by atoms with Gasteiger partial charge in [-0.3, -0.25) is 9.69 Å². The maximum atomic E-state index is 11.5. The fourth-order valence-corrected chi connectivity index (χ4v) is 1.99. The highest BCUT2D eigenvalue weighted by Crippen LogP contribution is 2.08. The Kier molecular flexibility index (Phi) is 3.26. The van der Waals surface area contributed by atoms with Gasteiger partial charge in [-0.2, -0.15) is 0 Å². The molecule has 1 aromatic rings. The van der Waals surface area contributed by atoms with Crippen LogP contribution < -0.4 is 11.3 Å². The number of nitrogens with two attached hydrogens (primary N) is 1. The lowest BCUT2D eigenvalue weighted by molar-refractivity contribution is 0.175. The molecular formula is C11H17N3O2. The molecule has 88 valence electrons. The number of hydrogen-bond acceptors (Lipinski definition) is 4. The van der Waals surface area contributed by atoms with Gasteiger partial charge in [0.2, 0.25) is 0 Å². The maximum Gasteiger partial charge on any atom is 0.250 e. The van der Waals surface area contributed by atoms with Gasteiger partial charge in [-0.25, -0.2) is 0 Å². The van der Waals surface area contributed by atoms with Crippen LogP contribution in [0.1, 0.15) is 6.42 Å². The Hall–Kier alpha value is -1.33. The number of aliphatic hydroxyl groups is 1. The molecule has 1 aliphatic heterocycles. The van der Waals surface area contributed by atoms with E-state index >= 15 is 0 Å². The third-order valence-corrected chi connectivity index (χ3v) is 2.91. The van der Waals surface area contributed by atoms with E-state index in [1.165, 1.54) is 6.07 Å². The van der Waals surface area contributed by atoms with Gasteiger partial charge in [-0.1, -0.05) is 0 Å². The first-order valence-electron chi connectivity index (χ1n) is 5.51. The first kappa shape index (κ1) is 11.2. The summed E-state index contributed by atoms with van der Waals surface area (Å²) in [6, 6.07) is 3.09. The van der Waals surface area contributed by atoms with Gasteiger partial charge in [0.15, 0.2) is 0 Å². The zero-order chi connectivity index (χ0) is 11.5. The standard InChI is InChI=1S/C11H17N3O2/c12-9-1-2-11(16)14(7-9)6-5-13-4-3-10(15)8-13/h1-2,7,10,15H,3-6,8,12H2. The van der Waals surface area contributed by atoms with E-state index in [0.717, 1.165) is 19.5 Å². The van der Waals surface area contributed by atoms with Crippen LogP contribution in [0.25, 0.3) is 0 Å². The van der Waals surface area contributed by atoms with Crippen molar-refractivity contribution in [3.05, 3.63) is 28.7 Å². The zero-order valence-electron chi connectivity index (χ0n) is 9.17. The summed E-state index contributed by atoms with van der Waals surface area (Å²) in [4.78, 5) is 13.6. The number of nitrogens with zero attached hydrogens (tertiary/aromatic N) is 2. The van der Waals surface area contributed by atoms with Crippen molar-refractivity contribution in [2.45, 2.75) is 19.1 Å². The number of hydrogen-bond donors (Lipinski definition) is 2. The van der Waals surface area contributed by atoms with E-state index in [1.807, 2.05) is 0 Å². The van der Waals surface area contributed by atoms with Crippen LogP contribution in [0.4, 0.5) is 5.69 Å². The highest BCUT2D eigenvalue weighted by molar-refractivity contribution is 5.33. The van der Waals surface area contributed by atoms with E-state index in [-0.39, 0.29) is 11.7 Å². The highest BCUT2D eigenvalue weighted by atomic mass is 16.3. The summed E-state index contributed by atoms with van der Waals surface area (Å²) in [7, 11) is 0. The Morgan fingerprint density at radius 3 is 2.94 bits per heavy atom. The molecule has 0 amide bonds. The van der Waals surface area contributed by atoms with Crippen molar-refractivity contribution in [1.82, 2.24) is 9.47 Å². The Labute approximate surface area is 94.1 Å². The molecule has 0 radical (unpaired) electrons. The largest absolute Gasteiger partial charge is 0.398 e. The number of anilines is 1. The quantitative estimate of drug-likeness (QED) is 0.724. The molecule has 1 saturated heterocycles. The summed E-state index contributed by atoms with van der Waals surface area (Å²) in [5.74, 6) is 0. The minimum Gasteiger partial charge on any atom is -0.398 e. The number of β-amino-alcohol motifs (C(OH)–C–C–N with tert-alkyl or cyclic N) is 1. The number of nitrogen functional groups attached to an aromatic ring is 1. The minimum atomic E-state index is -0.211. The number of likely N-dealkylation sites (tertiary alicyclic amines) is 1. The number of pyridine rings is 1. The fraction of sp³-hybridized carbons (Fsp3) is 0.545. The molecular weight excluding hydrogens is 206 g/mol. The lowest BCUT2D eigenvalue weighted by atomic mass is 10.3. The SMILES string of the molecule is Nc1ccc(=O)n(CCN2CCC(O)C2)c1. The molecule has 1 atom stereocenters. The summed E-state index contributed by atoms with van der Waals surface area (Å²) in [6.45, 7) is 3.01. The summed E-state index contributed by atoms with van der Waals surface area (Å²) in [5.41, 5.74) is 6.18. The summed E-state index contributed by atoms with van der Waals surface area (Å²) in [5, 5.41) is 9.37. The van der Waals surface area contributed by atoms with Crippen molar-refractivity contribution >= 4 is 5.69 Å². The van der Waals surface area contributed by atoms with Crippen molar-refractivity contribution in [1.29, 1.82) is 0 Å². The van der Waals surface area contributed by atoms with Gasteiger partial charge >= 0.3 is 0 Å². The number of aliphatic hydroxyl groups excluding tert-OH is 1. The average molecular weight is 223 g/mol. The molecule has 1 aromatic heterocycles. The van der Waals surface area contributed by atoms with Crippen LogP contribution in [0, 0.1) is 0 Å². The first-order chi connectivity index (χ1) is 7.65. The molecule has 0 spiro atoms. The van der Waals surface area contributed by atoms with Crippen molar-refractivity contribution < 1.29 is 5.11 Å². The van der Waals surface area contributed by atoms with E-state index in [9.17, 15) is 9.90 Å². The van der Waals surface area contributed by atoms with Crippen molar-refractivity contribution in [3.8, 4) is 0 Å². The van der Waals surface area contributed by atoms with Crippen LogP contribution in [0.3, 0.4) is 0 Å². The molecule has 1 aliphatic rings. The van der Waals surface area contributed by atoms with Gasteiger partial charge in [-0.15, -0.1) is 0 Å². The summed E-state index contributed by atoms with van der Waals surface area (Å²) in [6.07, 6.45) is 2.28. The molecule has 1 unspecified atom stereocenters. The minimum absolute atomic E-state index is 0.0334. The Balaban J connectivity index is 1.94. The highest BCUT2D eigenvalue weighted by Gasteiger charge is 2.19. The molecule has 1 fully saturated rings. The van der Waals surface area contributed by atoms with E-state index in [2.05, 4.69) is 4.90 Å². The molecule has 2 heterocycles. The van der Waals surface area contributed by atoms with E-state index in [0.29, 0.717) is 18.8 Å². The van der Waals surface area contributed by atoms with E-state index in [4.69, 9.17) is 5.73 Å². The molecule has 5 nitrogen and oxygen atoms in total. The molecule has 2 rings (SSSR count). The van der Waals surface area contributed by atoms with E-state index in [1.54, 1.807) is 16.8 Å². The third kappa shape index (κ3) is 2.62. The van der Waals surface area contributed by atoms with Crippen molar-refractivity contribution in [2.24, 2.45) is 0 Å². The number of aromatic nitrogens is 1. The molecule has 0 saturated carbocycles. The number of rotatable bonds is 3. The maximum absolute atomic E-state index is 11.5. The smallest absolute Gasteiger partial charge is 0.250 e. The van der Waals surface area contributed by atoms with Crippen LogP contribution >= 0.6 is 0 Å². The lowest BCUT2D eigenvalue weighted by Crippen LogP contribution is -2.29. The van der Waals surface area contributed by atoms with Crippen LogP contribution in [0.15, 0.2) is 23.1 Å². The summed E-state index contributed by atoms with van der Waals surface area (Å²) < 4.78 is 1.61. The molecule has 5 heteroatoms. The molecule has 0 bridgehead atoms. The molecule has 0 aliphatic carbocycles. The second-order valence-corrected chi connectivity index (χ2v) is 4.24. The first-order valence-corrected chi connectivity index (χ1v) is 5.51. The average Bonchev–Trinajstić information content (AvgIpc) is 2.66. The van der Waals surface area contributed by atoms with Crippen LogP contribution in [-0.2, 0) is 6.54 Å². The van der Waals surface area contributed by atoms with Gasteiger partial charge in [0.25, 0.3) is 5.56 Å². The van der Waals surface area contributed by atoms with E-state index < -0.39 is 0 Å². The molecule has 16 heavy (non-hydrogen) atoms. The third-order valence-electron chi connectivity index (χ3n) is 2.91. The van der Waals surface area contributed by atoms with Crippen molar-refractivity contribution in [3.63, 3.8) is 0 Å². The van der Waals surface area contributed by atoms with Gasteiger partial charge in [-0.05, 0) is 12.5 Å². The second-order valence-electron chi connectivity index (χ2n) is 4.24. The predicted octanol–water partition coefficient (Wildman–Crippen LogP) is -0.503. The van der Waals surface area contributed by atoms with Gasteiger partial charge in [0, 0.05) is 44.1 Å². The van der Waals surface area contributed by atoms with Gasteiger partial charge < -0.3 is 15.4 Å². The summed E-state index contributed by atoms with van der Waals surface area (Å²) >= 11 is 0. The normalized spacial score (nSPS) is 21.4. The Morgan fingerprint density at radius 1 is 1.44 bits per heavy atom.